The summed E-state index contributed by atoms with van der Waals surface area (Å²) in [6, 6.07) is 7.94. The Bertz CT molecular complexity index is 701. The van der Waals surface area contributed by atoms with Crippen molar-refractivity contribution in [1.29, 1.82) is 0 Å². The van der Waals surface area contributed by atoms with Gasteiger partial charge in [0, 0.05) is 31.0 Å². The van der Waals surface area contributed by atoms with Crippen molar-refractivity contribution in [2.75, 3.05) is 25.0 Å². The summed E-state index contributed by atoms with van der Waals surface area (Å²) in [6.45, 7) is 7.68. The quantitative estimate of drug-likeness (QED) is 0.879. The highest BCUT2D eigenvalue weighted by molar-refractivity contribution is 5.92. The molecular formula is C20H28N4O. The number of aromatic nitrogens is 2. The van der Waals surface area contributed by atoms with Crippen molar-refractivity contribution in [2.24, 2.45) is 5.92 Å². The monoisotopic (exact) mass is 340 g/mol. The Morgan fingerprint density at radius 1 is 1.32 bits per heavy atom. The van der Waals surface area contributed by atoms with E-state index >= 15 is 0 Å². The van der Waals surface area contributed by atoms with Crippen LogP contribution in [0, 0.1) is 12.8 Å². The molecule has 0 aliphatic carbocycles. The van der Waals surface area contributed by atoms with Crippen LogP contribution in [0.4, 0.5) is 5.69 Å². The molecule has 1 saturated heterocycles. The van der Waals surface area contributed by atoms with Crippen LogP contribution in [-0.2, 0) is 17.8 Å². The summed E-state index contributed by atoms with van der Waals surface area (Å²) in [5, 5.41) is 3.00. The normalized spacial score (nSPS) is 16.1. The van der Waals surface area contributed by atoms with Gasteiger partial charge in [0.2, 0.25) is 5.91 Å². The van der Waals surface area contributed by atoms with Crippen LogP contribution in [0.5, 0.6) is 0 Å². The van der Waals surface area contributed by atoms with Crippen LogP contribution < -0.4 is 5.32 Å². The second-order valence-electron chi connectivity index (χ2n) is 6.99. The van der Waals surface area contributed by atoms with E-state index in [9.17, 15) is 4.79 Å². The molecule has 5 heteroatoms. The van der Waals surface area contributed by atoms with Crippen LogP contribution >= 0.6 is 0 Å². The summed E-state index contributed by atoms with van der Waals surface area (Å²) in [5.41, 5.74) is 2.04. The van der Waals surface area contributed by atoms with Gasteiger partial charge in [0.1, 0.15) is 5.82 Å². The highest BCUT2D eigenvalue weighted by atomic mass is 16.2. The number of carbonyl (C=O) groups excluding carboxylic acids is 1. The number of nitrogens with zero attached hydrogens (tertiary/aromatic N) is 3. The number of rotatable bonds is 6. The molecule has 0 saturated carbocycles. The minimum Gasteiger partial charge on any atom is -0.335 e. The van der Waals surface area contributed by atoms with E-state index in [1.807, 2.05) is 37.4 Å². The predicted octanol–water partition coefficient (Wildman–Crippen LogP) is 3.10. The molecule has 0 atom stereocenters. The second kappa shape index (κ2) is 8.30. The lowest BCUT2D eigenvalue weighted by Gasteiger charge is -2.31. The van der Waals surface area contributed by atoms with Crippen molar-refractivity contribution in [2.45, 2.75) is 39.7 Å². The zero-order valence-electron chi connectivity index (χ0n) is 15.2. The molecule has 134 valence electrons. The van der Waals surface area contributed by atoms with Crippen LogP contribution in [0.2, 0.25) is 0 Å². The van der Waals surface area contributed by atoms with Crippen LogP contribution in [0.15, 0.2) is 36.7 Å². The third kappa shape index (κ3) is 4.92. The molecule has 0 bridgehead atoms. The molecule has 2 aromatic rings. The molecule has 1 aromatic carbocycles. The van der Waals surface area contributed by atoms with Crippen LogP contribution in [0.3, 0.4) is 0 Å². The van der Waals surface area contributed by atoms with E-state index in [0.29, 0.717) is 12.5 Å². The fourth-order valence-corrected chi connectivity index (χ4v) is 3.55. The van der Waals surface area contributed by atoms with E-state index in [0.717, 1.165) is 50.1 Å². The van der Waals surface area contributed by atoms with Crippen molar-refractivity contribution in [3.8, 4) is 0 Å². The number of imidazole rings is 1. The molecule has 5 nitrogen and oxygen atoms in total. The summed E-state index contributed by atoms with van der Waals surface area (Å²) in [4.78, 5) is 18.9. The number of nitrogens with one attached hydrogen (secondary N) is 1. The van der Waals surface area contributed by atoms with E-state index in [2.05, 4.69) is 32.9 Å². The molecule has 1 aliphatic heterocycles. The topological polar surface area (TPSA) is 50.2 Å². The molecule has 0 unspecified atom stereocenters. The minimum atomic E-state index is 0.0759. The number of benzene rings is 1. The Hall–Kier alpha value is -2.14. The van der Waals surface area contributed by atoms with Gasteiger partial charge in [0.25, 0.3) is 0 Å². The molecule has 0 radical (unpaired) electrons. The van der Waals surface area contributed by atoms with E-state index in [1.54, 1.807) is 0 Å². The first-order valence-electron chi connectivity index (χ1n) is 9.23. The number of carbonyl (C=O) groups is 1. The van der Waals surface area contributed by atoms with E-state index in [-0.39, 0.29) is 5.91 Å². The van der Waals surface area contributed by atoms with Crippen molar-refractivity contribution >= 4 is 11.6 Å². The molecule has 1 fully saturated rings. The number of hydrogen-bond donors (Lipinski definition) is 1. The largest absolute Gasteiger partial charge is 0.335 e. The van der Waals surface area contributed by atoms with E-state index in [1.165, 1.54) is 5.82 Å². The van der Waals surface area contributed by atoms with Gasteiger partial charge >= 0.3 is 0 Å². The number of hydrogen-bond acceptors (Lipinski definition) is 3. The number of likely N-dealkylation sites (tertiary alicyclic amines) is 1. The maximum Gasteiger partial charge on any atom is 0.238 e. The zero-order chi connectivity index (χ0) is 17.6. The van der Waals surface area contributed by atoms with Gasteiger partial charge in [-0.3, -0.25) is 9.69 Å². The van der Waals surface area contributed by atoms with Gasteiger partial charge in [0.05, 0.1) is 6.54 Å². The van der Waals surface area contributed by atoms with Gasteiger partial charge in [-0.2, -0.15) is 0 Å². The van der Waals surface area contributed by atoms with Gasteiger partial charge in [-0.15, -0.1) is 0 Å². The Morgan fingerprint density at radius 2 is 2.12 bits per heavy atom. The summed E-state index contributed by atoms with van der Waals surface area (Å²) >= 11 is 0. The van der Waals surface area contributed by atoms with Gasteiger partial charge in [-0.25, -0.2) is 4.98 Å². The highest BCUT2D eigenvalue weighted by Gasteiger charge is 2.21. The molecule has 25 heavy (non-hydrogen) atoms. The van der Waals surface area contributed by atoms with Crippen LogP contribution in [-0.4, -0.2) is 40.0 Å². The van der Waals surface area contributed by atoms with Crippen LogP contribution in [0.25, 0.3) is 0 Å². The molecule has 1 N–H and O–H groups in total. The second-order valence-corrected chi connectivity index (χ2v) is 6.99. The molecule has 1 aromatic heterocycles. The molecule has 3 rings (SSSR count). The maximum absolute atomic E-state index is 12.2. The minimum absolute atomic E-state index is 0.0759. The smallest absolute Gasteiger partial charge is 0.238 e. The SMILES string of the molecule is CCc1nccn1CC1CCN(CC(=O)Nc2cccc(C)c2)CC1. The molecule has 0 spiro atoms. The molecular weight excluding hydrogens is 312 g/mol. The third-order valence-corrected chi connectivity index (χ3v) is 4.95. The Balaban J connectivity index is 1.43. The average molecular weight is 340 g/mol. The lowest BCUT2D eigenvalue weighted by atomic mass is 9.96. The molecule has 1 amide bonds. The predicted molar refractivity (Wildman–Crippen MR) is 101 cm³/mol. The summed E-state index contributed by atoms with van der Waals surface area (Å²) in [5.74, 6) is 1.92. The summed E-state index contributed by atoms with van der Waals surface area (Å²) in [7, 11) is 0. The standard InChI is InChI=1S/C20H28N4O/c1-3-19-21-9-12-24(19)14-17-7-10-23(11-8-17)15-20(25)22-18-6-4-5-16(2)13-18/h4-6,9,12-13,17H,3,7-8,10-11,14-15H2,1-2H3,(H,22,25). The first-order chi connectivity index (χ1) is 12.1. The number of aryl methyl sites for hydroxylation is 2. The van der Waals surface area contributed by atoms with Gasteiger partial charge < -0.3 is 9.88 Å². The van der Waals surface area contributed by atoms with E-state index < -0.39 is 0 Å². The third-order valence-electron chi connectivity index (χ3n) is 4.95. The summed E-state index contributed by atoms with van der Waals surface area (Å²) in [6.07, 6.45) is 7.23. The van der Waals surface area contributed by atoms with Gasteiger partial charge in [-0.05, 0) is 56.5 Å². The molecule has 1 aliphatic rings. The van der Waals surface area contributed by atoms with Gasteiger partial charge in [0.15, 0.2) is 0 Å². The maximum atomic E-state index is 12.2. The van der Waals surface area contributed by atoms with Crippen molar-refractivity contribution in [1.82, 2.24) is 14.5 Å². The van der Waals surface area contributed by atoms with E-state index in [4.69, 9.17) is 0 Å². The first-order valence-corrected chi connectivity index (χ1v) is 9.23. The average Bonchev–Trinajstić information content (AvgIpc) is 3.04. The lowest BCUT2D eigenvalue weighted by molar-refractivity contribution is -0.117. The van der Waals surface area contributed by atoms with Gasteiger partial charge in [-0.1, -0.05) is 19.1 Å². The zero-order valence-corrected chi connectivity index (χ0v) is 15.2. The summed E-state index contributed by atoms with van der Waals surface area (Å²) < 4.78 is 2.28. The Labute approximate surface area is 150 Å². The fraction of sp³-hybridized carbons (Fsp3) is 0.500. The number of anilines is 1. The van der Waals surface area contributed by atoms with Crippen LogP contribution in [0.1, 0.15) is 31.2 Å². The fourth-order valence-electron chi connectivity index (χ4n) is 3.55. The Kier molecular flexibility index (Phi) is 5.87. The van der Waals surface area contributed by atoms with Crippen molar-refractivity contribution < 1.29 is 4.79 Å². The first kappa shape index (κ1) is 17.7. The van der Waals surface area contributed by atoms with Crippen molar-refractivity contribution in [3.05, 3.63) is 48.0 Å². The molecule has 2 heterocycles. The number of piperidine rings is 1. The lowest BCUT2D eigenvalue weighted by Crippen LogP contribution is -2.40. The number of amides is 1. The highest BCUT2D eigenvalue weighted by Crippen LogP contribution is 2.20. The Morgan fingerprint density at radius 3 is 2.84 bits per heavy atom. The van der Waals surface area contributed by atoms with Crippen molar-refractivity contribution in [3.63, 3.8) is 0 Å².